The number of methoxy groups -OCH3 is 1. The number of rotatable bonds is 2. The first-order valence-electron chi connectivity index (χ1n) is 6.54. The Morgan fingerprint density at radius 1 is 1.23 bits per heavy atom. The summed E-state index contributed by atoms with van der Waals surface area (Å²) >= 11 is 6.11. The molecule has 4 rings (SSSR count). The number of carbonyl (C=O) groups is 1. The third kappa shape index (κ3) is 1.63. The van der Waals surface area contributed by atoms with E-state index in [0.717, 1.165) is 5.39 Å². The number of aromatic nitrogens is 1. The van der Waals surface area contributed by atoms with Gasteiger partial charge >= 0.3 is 5.97 Å². The number of hydrogen-bond acceptors (Lipinski definition) is 3. The number of benzene rings is 2. The van der Waals surface area contributed by atoms with E-state index in [2.05, 4.69) is 4.98 Å². The molecule has 4 aromatic rings. The molecule has 2 aromatic carbocycles. The summed E-state index contributed by atoms with van der Waals surface area (Å²) in [6.45, 7) is 0. The van der Waals surface area contributed by atoms with Crippen LogP contribution in [0.3, 0.4) is 0 Å². The van der Waals surface area contributed by atoms with Crippen LogP contribution >= 0.6 is 11.6 Å². The molecule has 22 heavy (non-hydrogen) atoms. The van der Waals surface area contributed by atoms with Crippen LogP contribution < -0.4 is 4.74 Å². The minimum atomic E-state index is -0.991. The maximum Gasteiger partial charge on any atom is 0.337 e. The summed E-state index contributed by atoms with van der Waals surface area (Å²) in [5.41, 5.74) is 2.61. The summed E-state index contributed by atoms with van der Waals surface area (Å²) in [6.07, 6.45) is 0. The molecule has 0 spiro atoms. The summed E-state index contributed by atoms with van der Waals surface area (Å²) in [4.78, 5) is 14.5. The quantitative estimate of drug-likeness (QED) is 0.574. The van der Waals surface area contributed by atoms with Gasteiger partial charge in [-0.2, -0.15) is 0 Å². The Labute approximate surface area is 129 Å². The van der Waals surface area contributed by atoms with E-state index in [4.69, 9.17) is 20.8 Å². The van der Waals surface area contributed by atoms with Crippen molar-refractivity contribution in [3.8, 4) is 5.75 Å². The highest BCUT2D eigenvalue weighted by Gasteiger charge is 2.19. The minimum absolute atomic E-state index is 0.200. The van der Waals surface area contributed by atoms with E-state index in [0.29, 0.717) is 38.4 Å². The van der Waals surface area contributed by atoms with Crippen LogP contribution in [0, 0.1) is 0 Å². The van der Waals surface area contributed by atoms with Crippen LogP contribution in [0.25, 0.3) is 33.0 Å². The van der Waals surface area contributed by atoms with E-state index in [9.17, 15) is 9.90 Å². The predicted molar refractivity (Wildman–Crippen MR) is 84.1 cm³/mol. The Morgan fingerprint density at radius 2 is 2.05 bits per heavy atom. The van der Waals surface area contributed by atoms with Crippen LogP contribution in [-0.2, 0) is 0 Å². The molecule has 2 N–H and O–H groups in total. The lowest BCUT2D eigenvalue weighted by molar-refractivity contribution is 0.0699. The van der Waals surface area contributed by atoms with Crippen molar-refractivity contribution in [3.05, 3.63) is 40.9 Å². The maximum absolute atomic E-state index is 11.3. The molecule has 0 amide bonds. The molecular weight excluding hydrogens is 306 g/mol. The third-order valence-electron chi connectivity index (χ3n) is 3.73. The Morgan fingerprint density at radius 3 is 2.77 bits per heavy atom. The number of aromatic amines is 1. The lowest BCUT2D eigenvalue weighted by Gasteiger charge is -2.01. The lowest BCUT2D eigenvalue weighted by atomic mass is 10.1. The molecule has 5 nitrogen and oxygen atoms in total. The van der Waals surface area contributed by atoms with Crippen molar-refractivity contribution in [1.29, 1.82) is 0 Å². The molecule has 0 atom stereocenters. The second kappa shape index (κ2) is 4.42. The summed E-state index contributed by atoms with van der Waals surface area (Å²) in [5.74, 6) is -0.455. The van der Waals surface area contributed by atoms with E-state index in [1.807, 2.05) is 6.07 Å². The average molecular weight is 316 g/mol. The second-order valence-electron chi connectivity index (χ2n) is 4.95. The van der Waals surface area contributed by atoms with Gasteiger partial charge in [0.15, 0.2) is 16.9 Å². The number of aromatic carboxylic acids is 1. The number of furan rings is 1. The van der Waals surface area contributed by atoms with Gasteiger partial charge in [0.05, 0.1) is 23.7 Å². The molecule has 0 fully saturated rings. The summed E-state index contributed by atoms with van der Waals surface area (Å²) in [7, 11) is 1.54. The van der Waals surface area contributed by atoms with Gasteiger partial charge in [-0.15, -0.1) is 0 Å². The predicted octanol–water partition coefficient (Wildman–Crippen LogP) is 4.43. The zero-order valence-electron chi connectivity index (χ0n) is 11.4. The Hall–Kier alpha value is -2.66. The fraction of sp³-hybridized carbons (Fsp3) is 0.0625. The summed E-state index contributed by atoms with van der Waals surface area (Å²) in [5, 5.41) is 11.3. The SMILES string of the molecule is COc1cc(Cl)cc2c1oc1c3cccc(C(=O)O)c3[nH]c21. The molecule has 2 heterocycles. The van der Waals surface area contributed by atoms with Gasteiger partial charge in [-0.25, -0.2) is 4.79 Å². The topological polar surface area (TPSA) is 75.5 Å². The van der Waals surface area contributed by atoms with E-state index in [1.165, 1.54) is 0 Å². The molecule has 0 saturated heterocycles. The molecule has 0 aliphatic carbocycles. The van der Waals surface area contributed by atoms with Gasteiger partial charge in [-0.3, -0.25) is 0 Å². The van der Waals surface area contributed by atoms with Crippen molar-refractivity contribution in [1.82, 2.24) is 4.98 Å². The first-order chi connectivity index (χ1) is 10.6. The molecule has 0 aliphatic rings. The number of carboxylic acids is 1. The van der Waals surface area contributed by atoms with Gasteiger partial charge in [-0.1, -0.05) is 17.7 Å². The molecule has 0 aliphatic heterocycles. The van der Waals surface area contributed by atoms with Crippen LogP contribution in [-0.4, -0.2) is 23.2 Å². The van der Waals surface area contributed by atoms with Crippen molar-refractivity contribution in [2.24, 2.45) is 0 Å². The molecule has 0 unspecified atom stereocenters. The summed E-state index contributed by atoms with van der Waals surface area (Å²) in [6, 6.07) is 8.50. The number of ether oxygens (including phenoxy) is 1. The van der Waals surface area contributed by atoms with Crippen molar-refractivity contribution < 1.29 is 19.1 Å². The van der Waals surface area contributed by atoms with Crippen molar-refractivity contribution in [2.45, 2.75) is 0 Å². The Kier molecular flexibility index (Phi) is 2.62. The zero-order valence-corrected chi connectivity index (χ0v) is 12.2. The molecule has 110 valence electrons. The van der Waals surface area contributed by atoms with Gasteiger partial charge in [-0.05, 0) is 18.2 Å². The fourth-order valence-corrected chi connectivity index (χ4v) is 2.99. The van der Waals surface area contributed by atoms with Crippen molar-refractivity contribution in [3.63, 3.8) is 0 Å². The number of fused-ring (bicyclic) bond motifs is 5. The largest absolute Gasteiger partial charge is 0.493 e. The zero-order chi connectivity index (χ0) is 15.4. The molecule has 6 heteroatoms. The van der Waals surface area contributed by atoms with Gasteiger partial charge in [0.1, 0.15) is 0 Å². The molecule has 2 aromatic heterocycles. The Balaban J connectivity index is 2.20. The van der Waals surface area contributed by atoms with Crippen molar-refractivity contribution in [2.75, 3.05) is 7.11 Å². The van der Waals surface area contributed by atoms with Gasteiger partial charge in [0.25, 0.3) is 0 Å². The monoisotopic (exact) mass is 315 g/mol. The second-order valence-corrected chi connectivity index (χ2v) is 5.39. The highest BCUT2D eigenvalue weighted by Crippen LogP contribution is 2.40. The standard InChI is InChI=1S/C16H10ClNO4/c1-21-11-6-7(17)5-10-13-15(22-14(10)11)8-3-2-4-9(16(19)20)12(8)18-13/h2-6,18H,1H3,(H,19,20). The maximum atomic E-state index is 11.3. The van der Waals surface area contributed by atoms with E-state index < -0.39 is 5.97 Å². The van der Waals surface area contributed by atoms with Crippen LogP contribution in [0.5, 0.6) is 5.75 Å². The van der Waals surface area contributed by atoms with Crippen LogP contribution in [0.4, 0.5) is 0 Å². The minimum Gasteiger partial charge on any atom is -0.493 e. The molecule has 0 bridgehead atoms. The highest BCUT2D eigenvalue weighted by atomic mass is 35.5. The molecular formula is C16H10ClNO4. The molecule has 0 saturated carbocycles. The number of H-pyrrole nitrogens is 1. The number of nitrogens with one attached hydrogen (secondary N) is 1. The summed E-state index contributed by atoms with van der Waals surface area (Å²) < 4.78 is 11.2. The van der Waals surface area contributed by atoms with Gasteiger partial charge < -0.3 is 19.2 Å². The number of carboxylic acid groups (broad SMARTS) is 1. The van der Waals surface area contributed by atoms with Crippen LogP contribution in [0.1, 0.15) is 10.4 Å². The highest BCUT2D eigenvalue weighted by molar-refractivity contribution is 6.32. The number of hydrogen-bond donors (Lipinski definition) is 2. The van der Waals surface area contributed by atoms with E-state index in [1.54, 1.807) is 31.4 Å². The first kappa shape index (κ1) is 13.0. The van der Waals surface area contributed by atoms with Crippen LogP contribution in [0.2, 0.25) is 5.02 Å². The van der Waals surface area contributed by atoms with Gasteiger partial charge in [0, 0.05) is 21.9 Å². The van der Waals surface area contributed by atoms with Gasteiger partial charge in [0.2, 0.25) is 0 Å². The number of halogens is 1. The number of para-hydroxylation sites is 1. The lowest BCUT2D eigenvalue weighted by Crippen LogP contribution is -1.96. The first-order valence-corrected chi connectivity index (χ1v) is 6.91. The fourth-order valence-electron chi connectivity index (χ4n) is 2.78. The third-order valence-corrected chi connectivity index (χ3v) is 3.95. The van der Waals surface area contributed by atoms with Crippen molar-refractivity contribution >= 4 is 50.5 Å². The van der Waals surface area contributed by atoms with E-state index >= 15 is 0 Å². The smallest absolute Gasteiger partial charge is 0.337 e. The van der Waals surface area contributed by atoms with Crippen LogP contribution in [0.15, 0.2) is 34.7 Å². The molecule has 0 radical (unpaired) electrons. The normalized spacial score (nSPS) is 11.5. The average Bonchev–Trinajstić information content (AvgIpc) is 3.02. The Bertz CT molecular complexity index is 1060. The van der Waals surface area contributed by atoms with E-state index in [-0.39, 0.29) is 5.56 Å².